The van der Waals surface area contributed by atoms with Crippen LogP contribution in [0.15, 0.2) is 42.7 Å². The molecule has 2 N–H and O–H groups in total. The summed E-state index contributed by atoms with van der Waals surface area (Å²) in [5.41, 5.74) is 2.12. The molecule has 1 aromatic heterocycles. The summed E-state index contributed by atoms with van der Waals surface area (Å²) in [4.78, 5) is 22.5. The number of carboxylic acids is 1. The van der Waals surface area contributed by atoms with Crippen LogP contribution < -0.4 is 5.32 Å². The Morgan fingerprint density at radius 2 is 1.95 bits per heavy atom. The second-order valence-corrected chi connectivity index (χ2v) is 5.52. The van der Waals surface area contributed by atoms with Gasteiger partial charge in [-0.15, -0.1) is 0 Å². The van der Waals surface area contributed by atoms with Crippen molar-refractivity contribution < 1.29 is 14.7 Å². The van der Waals surface area contributed by atoms with Crippen LogP contribution in [0.3, 0.4) is 0 Å². The second-order valence-electron chi connectivity index (χ2n) is 5.52. The van der Waals surface area contributed by atoms with Crippen LogP contribution in [0, 0.1) is 11.8 Å². The van der Waals surface area contributed by atoms with Crippen molar-refractivity contribution in [2.75, 3.05) is 0 Å². The highest BCUT2D eigenvalue weighted by atomic mass is 16.4. The first-order chi connectivity index (χ1) is 10.6. The fraction of sp³-hybridized carbons (Fsp3) is 0.312. The van der Waals surface area contributed by atoms with Gasteiger partial charge in [0.15, 0.2) is 0 Å². The van der Waals surface area contributed by atoms with Crippen molar-refractivity contribution in [1.29, 1.82) is 0 Å². The van der Waals surface area contributed by atoms with E-state index in [1.54, 1.807) is 6.20 Å². The number of nitrogens with one attached hydrogen (secondary N) is 1. The molecular formula is C16H17N3O3. The van der Waals surface area contributed by atoms with Gasteiger partial charge in [-0.2, -0.15) is 5.10 Å². The van der Waals surface area contributed by atoms with E-state index in [1.807, 2.05) is 41.2 Å². The SMILES string of the molecule is O=C(NCc1ccc(Cn2cccn2)cc1)[C@H]1C[C@H]1C(=O)O. The Morgan fingerprint density at radius 1 is 1.23 bits per heavy atom. The van der Waals surface area contributed by atoms with Gasteiger partial charge in [-0.25, -0.2) is 0 Å². The van der Waals surface area contributed by atoms with E-state index in [0.717, 1.165) is 11.1 Å². The number of rotatable bonds is 6. The van der Waals surface area contributed by atoms with E-state index in [0.29, 0.717) is 19.5 Å². The van der Waals surface area contributed by atoms with Crippen molar-refractivity contribution in [3.8, 4) is 0 Å². The zero-order valence-corrected chi connectivity index (χ0v) is 12.0. The van der Waals surface area contributed by atoms with Gasteiger partial charge >= 0.3 is 5.97 Å². The first-order valence-corrected chi connectivity index (χ1v) is 7.19. The second kappa shape index (κ2) is 6.01. The quantitative estimate of drug-likeness (QED) is 0.841. The maximum Gasteiger partial charge on any atom is 0.307 e. The molecular weight excluding hydrogens is 282 g/mol. The molecule has 0 radical (unpaired) electrons. The Kier molecular flexibility index (Phi) is 3.91. The number of aromatic nitrogens is 2. The highest BCUT2D eigenvalue weighted by Crippen LogP contribution is 2.38. The average Bonchev–Trinajstić information content (AvgIpc) is 3.17. The minimum Gasteiger partial charge on any atom is -0.481 e. The Morgan fingerprint density at radius 3 is 2.55 bits per heavy atom. The van der Waals surface area contributed by atoms with Gasteiger partial charge in [-0.1, -0.05) is 24.3 Å². The zero-order chi connectivity index (χ0) is 15.5. The Labute approximate surface area is 127 Å². The van der Waals surface area contributed by atoms with Crippen molar-refractivity contribution in [2.24, 2.45) is 11.8 Å². The monoisotopic (exact) mass is 299 g/mol. The number of aliphatic carboxylic acids is 1. The van der Waals surface area contributed by atoms with Crippen LogP contribution in [0.4, 0.5) is 0 Å². The standard InChI is InChI=1S/C16H17N3O3/c20-15(13-8-14(13)16(21)22)17-9-11-2-4-12(5-3-11)10-19-7-1-6-18-19/h1-7,13-14H,8-10H2,(H,17,20)(H,21,22)/t13-,14+/m0/s1. The van der Waals surface area contributed by atoms with E-state index in [4.69, 9.17) is 5.11 Å². The van der Waals surface area contributed by atoms with Gasteiger partial charge in [0, 0.05) is 18.9 Å². The number of carboxylic acid groups (broad SMARTS) is 1. The molecule has 6 nitrogen and oxygen atoms in total. The summed E-state index contributed by atoms with van der Waals surface area (Å²) in [6.45, 7) is 1.13. The molecule has 3 rings (SSSR count). The van der Waals surface area contributed by atoms with Crippen molar-refractivity contribution >= 4 is 11.9 Å². The Balaban J connectivity index is 1.49. The first-order valence-electron chi connectivity index (χ1n) is 7.19. The van der Waals surface area contributed by atoms with Crippen LogP contribution in [0.25, 0.3) is 0 Å². The minimum atomic E-state index is -0.886. The number of benzene rings is 1. The third-order valence-corrected chi connectivity index (χ3v) is 3.84. The summed E-state index contributed by atoms with van der Waals surface area (Å²) >= 11 is 0. The van der Waals surface area contributed by atoms with Crippen LogP contribution in [-0.2, 0) is 22.7 Å². The van der Waals surface area contributed by atoms with Crippen molar-refractivity contribution in [3.05, 3.63) is 53.9 Å². The van der Waals surface area contributed by atoms with E-state index in [9.17, 15) is 9.59 Å². The van der Waals surface area contributed by atoms with Crippen LogP contribution in [0.2, 0.25) is 0 Å². The normalized spacial score (nSPS) is 19.6. The fourth-order valence-corrected chi connectivity index (χ4v) is 2.42. The molecule has 1 fully saturated rings. The molecule has 0 bridgehead atoms. The largest absolute Gasteiger partial charge is 0.481 e. The minimum absolute atomic E-state index is 0.173. The molecule has 2 atom stereocenters. The summed E-state index contributed by atoms with van der Waals surface area (Å²) in [5, 5.41) is 15.8. The highest BCUT2D eigenvalue weighted by Gasteiger charge is 2.48. The maximum atomic E-state index is 11.8. The fourth-order valence-electron chi connectivity index (χ4n) is 2.42. The molecule has 0 aliphatic heterocycles. The lowest BCUT2D eigenvalue weighted by atomic mass is 10.1. The molecule has 1 amide bonds. The third-order valence-electron chi connectivity index (χ3n) is 3.84. The molecule has 0 spiro atoms. The molecule has 6 heteroatoms. The summed E-state index contributed by atoms with van der Waals surface area (Å²) in [6, 6.07) is 9.80. The van der Waals surface area contributed by atoms with Gasteiger partial charge in [0.25, 0.3) is 0 Å². The zero-order valence-electron chi connectivity index (χ0n) is 12.0. The summed E-state index contributed by atoms with van der Waals surface area (Å²) in [5.74, 6) is -1.93. The van der Waals surface area contributed by atoms with Crippen molar-refractivity contribution in [2.45, 2.75) is 19.5 Å². The predicted molar refractivity (Wildman–Crippen MR) is 78.9 cm³/mol. The van der Waals surface area contributed by atoms with Gasteiger partial charge < -0.3 is 10.4 Å². The van der Waals surface area contributed by atoms with Gasteiger partial charge in [-0.05, 0) is 23.6 Å². The van der Waals surface area contributed by atoms with Gasteiger partial charge in [0.05, 0.1) is 18.4 Å². The van der Waals surface area contributed by atoms with Crippen LogP contribution in [-0.4, -0.2) is 26.8 Å². The smallest absolute Gasteiger partial charge is 0.307 e. The number of carbonyl (C=O) groups excluding carboxylic acids is 1. The molecule has 1 aromatic carbocycles. The van der Waals surface area contributed by atoms with E-state index in [1.165, 1.54) is 0 Å². The van der Waals surface area contributed by atoms with Crippen molar-refractivity contribution in [1.82, 2.24) is 15.1 Å². The molecule has 1 heterocycles. The number of carbonyl (C=O) groups is 2. The van der Waals surface area contributed by atoms with Gasteiger partial charge in [0.2, 0.25) is 5.91 Å². The molecule has 114 valence electrons. The van der Waals surface area contributed by atoms with E-state index in [2.05, 4.69) is 10.4 Å². The van der Waals surface area contributed by atoms with Crippen LogP contribution in [0.5, 0.6) is 0 Å². The molecule has 1 aliphatic carbocycles. The Bertz CT molecular complexity index is 664. The van der Waals surface area contributed by atoms with E-state index >= 15 is 0 Å². The molecule has 0 unspecified atom stereocenters. The summed E-state index contributed by atoms with van der Waals surface area (Å²) in [6.07, 6.45) is 4.10. The number of hydrogen-bond donors (Lipinski definition) is 2. The highest BCUT2D eigenvalue weighted by molar-refractivity contribution is 5.89. The van der Waals surface area contributed by atoms with Crippen molar-refractivity contribution in [3.63, 3.8) is 0 Å². The summed E-state index contributed by atoms with van der Waals surface area (Å²) in [7, 11) is 0. The van der Waals surface area contributed by atoms with E-state index < -0.39 is 11.9 Å². The lowest BCUT2D eigenvalue weighted by Crippen LogP contribution is -2.25. The van der Waals surface area contributed by atoms with Gasteiger partial charge in [-0.3, -0.25) is 14.3 Å². The first kappa shape index (κ1) is 14.3. The van der Waals surface area contributed by atoms with E-state index in [-0.39, 0.29) is 11.8 Å². The average molecular weight is 299 g/mol. The maximum absolute atomic E-state index is 11.8. The predicted octanol–water partition coefficient (Wildman–Crippen LogP) is 1.27. The molecule has 0 saturated heterocycles. The number of amides is 1. The summed E-state index contributed by atoms with van der Waals surface area (Å²) < 4.78 is 1.84. The topological polar surface area (TPSA) is 84.2 Å². The van der Waals surface area contributed by atoms with Crippen LogP contribution >= 0.6 is 0 Å². The Hall–Kier alpha value is -2.63. The lowest BCUT2D eigenvalue weighted by molar-refractivity contribution is -0.140. The van der Waals surface area contributed by atoms with Gasteiger partial charge in [0.1, 0.15) is 0 Å². The lowest BCUT2D eigenvalue weighted by Gasteiger charge is -2.06. The molecule has 2 aromatic rings. The number of hydrogen-bond acceptors (Lipinski definition) is 3. The molecule has 1 aliphatic rings. The van der Waals surface area contributed by atoms with Crippen LogP contribution in [0.1, 0.15) is 17.5 Å². The molecule has 1 saturated carbocycles. The number of nitrogens with zero attached hydrogens (tertiary/aromatic N) is 2. The third kappa shape index (κ3) is 3.33. The molecule has 22 heavy (non-hydrogen) atoms.